The molecule has 0 aliphatic rings. The second kappa shape index (κ2) is 6.30. The van der Waals surface area contributed by atoms with Gasteiger partial charge in [-0.15, -0.1) is 0 Å². The molecule has 3 N–H and O–H groups in total. The summed E-state index contributed by atoms with van der Waals surface area (Å²) in [5, 5.41) is 12.1. The molecule has 0 spiro atoms. The third-order valence-corrected chi connectivity index (χ3v) is 2.55. The normalized spacial score (nSPS) is 12.1. The third-order valence-electron chi connectivity index (χ3n) is 2.21. The lowest BCUT2D eigenvalue weighted by Gasteiger charge is -2.19. The summed E-state index contributed by atoms with van der Waals surface area (Å²) in [5.74, 6) is 0.187. The van der Waals surface area contributed by atoms with E-state index in [9.17, 15) is 0 Å². The minimum Gasteiger partial charge on any atom is -0.409 e. The summed E-state index contributed by atoms with van der Waals surface area (Å²) >= 11 is 6.00. The summed E-state index contributed by atoms with van der Waals surface area (Å²) in [4.78, 5) is 5.93. The van der Waals surface area contributed by atoms with Crippen molar-refractivity contribution in [2.75, 3.05) is 13.1 Å². The Bertz CT molecular complexity index is 370. The molecule has 0 unspecified atom stereocenters. The molecule has 0 fully saturated rings. The van der Waals surface area contributed by atoms with Gasteiger partial charge in [0.1, 0.15) is 0 Å². The molecule has 1 rings (SSSR count). The Labute approximate surface area is 99.5 Å². The van der Waals surface area contributed by atoms with Crippen LogP contribution < -0.4 is 5.73 Å². The molecule has 16 heavy (non-hydrogen) atoms. The number of nitrogens with two attached hydrogens (primary N) is 1. The van der Waals surface area contributed by atoms with Gasteiger partial charge in [0.25, 0.3) is 0 Å². The first-order chi connectivity index (χ1) is 7.67. The van der Waals surface area contributed by atoms with Crippen LogP contribution >= 0.6 is 11.6 Å². The topological polar surface area (TPSA) is 74.7 Å². The third kappa shape index (κ3) is 3.67. The molecular formula is C10H15ClN4O. The van der Waals surface area contributed by atoms with Crippen molar-refractivity contribution >= 4 is 17.4 Å². The van der Waals surface area contributed by atoms with Gasteiger partial charge in [-0.2, -0.15) is 0 Å². The van der Waals surface area contributed by atoms with Crippen LogP contribution in [0.25, 0.3) is 0 Å². The summed E-state index contributed by atoms with van der Waals surface area (Å²) < 4.78 is 0. The number of hydrogen-bond acceptors (Lipinski definition) is 4. The van der Waals surface area contributed by atoms with Gasteiger partial charge in [0, 0.05) is 18.9 Å². The van der Waals surface area contributed by atoms with Crippen molar-refractivity contribution in [1.82, 2.24) is 9.88 Å². The molecule has 1 heterocycles. The lowest BCUT2D eigenvalue weighted by atomic mass is 10.2. The molecule has 0 saturated heterocycles. The second-order valence-electron chi connectivity index (χ2n) is 3.36. The maximum atomic E-state index is 8.50. The van der Waals surface area contributed by atoms with Crippen molar-refractivity contribution in [2.45, 2.75) is 13.5 Å². The zero-order chi connectivity index (χ0) is 12.0. The monoisotopic (exact) mass is 242 g/mol. The molecule has 88 valence electrons. The quantitative estimate of drug-likeness (QED) is 0.353. The molecule has 0 radical (unpaired) electrons. The van der Waals surface area contributed by atoms with E-state index in [4.69, 9.17) is 22.5 Å². The van der Waals surface area contributed by atoms with Gasteiger partial charge < -0.3 is 10.9 Å². The number of aromatic nitrogens is 1. The van der Waals surface area contributed by atoms with E-state index in [1.807, 2.05) is 17.9 Å². The largest absolute Gasteiger partial charge is 0.409 e. The van der Waals surface area contributed by atoms with Crippen LogP contribution in [0.15, 0.2) is 23.6 Å². The van der Waals surface area contributed by atoms with Crippen LogP contribution in [0, 0.1) is 0 Å². The van der Waals surface area contributed by atoms with E-state index in [0.717, 1.165) is 12.1 Å². The fraction of sp³-hybridized carbons (Fsp3) is 0.400. The average molecular weight is 243 g/mol. The predicted molar refractivity (Wildman–Crippen MR) is 63.6 cm³/mol. The molecule has 0 saturated carbocycles. The number of rotatable bonds is 5. The summed E-state index contributed by atoms with van der Waals surface area (Å²) in [6.07, 6.45) is 3.30. The Balaban J connectivity index is 2.67. The molecule has 0 bridgehead atoms. The molecule has 0 aliphatic carbocycles. The maximum Gasteiger partial charge on any atom is 0.153 e. The van der Waals surface area contributed by atoms with Crippen molar-refractivity contribution < 1.29 is 5.21 Å². The van der Waals surface area contributed by atoms with Gasteiger partial charge in [-0.05, 0) is 18.2 Å². The van der Waals surface area contributed by atoms with Crippen molar-refractivity contribution in [2.24, 2.45) is 10.9 Å². The second-order valence-corrected chi connectivity index (χ2v) is 3.77. The minimum atomic E-state index is 0.187. The van der Waals surface area contributed by atoms with Gasteiger partial charge in [-0.1, -0.05) is 23.7 Å². The van der Waals surface area contributed by atoms with Gasteiger partial charge in [0.2, 0.25) is 0 Å². The van der Waals surface area contributed by atoms with Crippen LogP contribution in [-0.2, 0) is 6.54 Å². The smallest absolute Gasteiger partial charge is 0.153 e. The van der Waals surface area contributed by atoms with E-state index in [0.29, 0.717) is 18.1 Å². The summed E-state index contributed by atoms with van der Waals surface area (Å²) in [5.41, 5.74) is 6.43. The predicted octanol–water partition coefficient (Wildman–Crippen LogP) is 1.30. The maximum absolute atomic E-state index is 8.50. The van der Waals surface area contributed by atoms with E-state index in [2.05, 4.69) is 10.1 Å². The Hall–Kier alpha value is -1.33. The summed E-state index contributed by atoms with van der Waals surface area (Å²) in [6, 6.07) is 1.86. The van der Waals surface area contributed by atoms with Crippen LogP contribution in [0.1, 0.15) is 12.5 Å². The molecule has 5 nitrogen and oxygen atoms in total. The van der Waals surface area contributed by atoms with Crippen LogP contribution in [0.3, 0.4) is 0 Å². The molecule has 0 amide bonds. The minimum absolute atomic E-state index is 0.187. The summed E-state index contributed by atoms with van der Waals surface area (Å²) in [7, 11) is 0. The van der Waals surface area contributed by atoms with Crippen molar-refractivity contribution in [1.29, 1.82) is 0 Å². The highest BCUT2D eigenvalue weighted by atomic mass is 35.5. The van der Waals surface area contributed by atoms with Crippen LogP contribution in [0.2, 0.25) is 5.02 Å². The van der Waals surface area contributed by atoms with Crippen molar-refractivity contribution in [3.05, 3.63) is 29.0 Å². The first-order valence-corrected chi connectivity index (χ1v) is 5.32. The van der Waals surface area contributed by atoms with Crippen LogP contribution in [0.4, 0.5) is 0 Å². The highest BCUT2D eigenvalue weighted by Crippen LogP contribution is 2.15. The number of oxime groups is 1. The molecule has 1 aromatic heterocycles. The van der Waals surface area contributed by atoms with E-state index >= 15 is 0 Å². The summed E-state index contributed by atoms with van der Waals surface area (Å²) in [6.45, 7) is 3.84. The Morgan fingerprint density at radius 1 is 1.69 bits per heavy atom. The standard InChI is InChI=1S/C10H15ClN4O/c1-2-15(7-10(12)14-16)6-8-3-4-13-5-9(8)11/h3-5,16H,2,6-7H2,1H3,(H2,12,14). The lowest BCUT2D eigenvalue weighted by Crippen LogP contribution is -2.33. The highest BCUT2D eigenvalue weighted by molar-refractivity contribution is 6.31. The highest BCUT2D eigenvalue weighted by Gasteiger charge is 2.08. The van der Waals surface area contributed by atoms with Gasteiger partial charge in [-0.25, -0.2) is 0 Å². The van der Waals surface area contributed by atoms with E-state index < -0.39 is 0 Å². The Kier molecular flexibility index (Phi) is 5.01. The fourth-order valence-electron chi connectivity index (χ4n) is 1.31. The van der Waals surface area contributed by atoms with E-state index in [1.165, 1.54) is 0 Å². The van der Waals surface area contributed by atoms with Gasteiger partial charge in [0.15, 0.2) is 5.84 Å². The fourth-order valence-corrected chi connectivity index (χ4v) is 1.49. The molecular weight excluding hydrogens is 228 g/mol. The first kappa shape index (κ1) is 12.7. The number of nitrogens with zero attached hydrogens (tertiary/aromatic N) is 3. The van der Waals surface area contributed by atoms with E-state index in [1.54, 1.807) is 12.4 Å². The number of likely N-dealkylation sites (N-methyl/N-ethyl adjacent to an activating group) is 1. The molecule has 0 aromatic carbocycles. The first-order valence-electron chi connectivity index (χ1n) is 4.94. The molecule has 1 aromatic rings. The number of pyridine rings is 1. The van der Waals surface area contributed by atoms with Crippen molar-refractivity contribution in [3.63, 3.8) is 0 Å². The van der Waals surface area contributed by atoms with Crippen LogP contribution in [-0.4, -0.2) is 34.0 Å². The zero-order valence-electron chi connectivity index (χ0n) is 9.10. The van der Waals surface area contributed by atoms with Gasteiger partial charge in [-0.3, -0.25) is 9.88 Å². The number of hydrogen-bond donors (Lipinski definition) is 2. The average Bonchev–Trinajstić information content (AvgIpc) is 2.30. The van der Waals surface area contributed by atoms with Crippen molar-refractivity contribution in [3.8, 4) is 0 Å². The van der Waals surface area contributed by atoms with Gasteiger partial charge in [0.05, 0.1) is 11.6 Å². The zero-order valence-corrected chi connectivity index (χ0v) is 9.85. The molecule has 0 atom stereocenters. The SMILES string of the molecule is CCN(CC(N)=NO)Cc1ccncc1Cl. The lowest BCUT2D eigenvalue weighted by molar-refractivity contribution is 0.294. The number of halogens is 1. The Morgan fingerprint density at radius 2 is 2.44 bits per heavy atom. The van der Waals surface area contributed by atoms with Gasteiger partial charge >= 0.3 is 0 Å². The molecule has 0 aliphatic heterocycles. The molecule has 6 heteroatoms. The van der Waals surface area contributed by atoms with Crippen LogP contribution in [0.5, 0.6) is 0 Å². The van der Waals surface area contributed by atoms with E-state index in [-0.39, 0.29) is 5.84 Å². The number of amidine groups is 1. The Morgan fingerprint density at radius 3 is 3.00 bits per heavy atom.